The van der Waals surface area contributed by atoms with Crippen LogP contribution in [0.3, 0.4) is 0 Å². The normalized spacial score (nSPS) is 25.8. The van der Waals surface area contributed by atoms with Crippen LogP contribution >= 0.6 is 0 Å². The number of hydrogen-bond acceptors (Lipinski definition) is 7. The second kappa shape index (κ2) is 8.75. The number of H-pyrrole nitrogens is 1. The van der Waals surface area contributed by atoms with Crippen molar-refractivity contribution in [1.82, 2.24) is 9.97 Å². The van der Waals surface area contributed by atoms with Gasteiger partial charge in [-0.1, -0.05) is 12.1 Å². The summed E-state index contributed by atoms with van der Waals surface area (Å²) >= 11 is 0. The van der Waals surface area contributed by atoms with Crippen LogP contribution in [0.5, 0.6) is 0 Å². The van der Waals surface area contributed by atoms with Crippen molar-refractivity contribution in [2.24, 2.45) is 0 Å². The number of pyridine rings is 2. The van der Waals surface area contributed by atoms with E-state index in [9.17, 15) is 33.3 Å². The zero-order chi connectivity index (χ0) is 23.9. The van der Waals surface area contributed by atoms with E-state index < -0.39 is 59.9 Å². The van der Waals surface area contributed by atoms with Crippen molar-refractivity contribution in [1.29, 1.82) is 0 Å². The number of nitrogens with zero attached hydrogens (tertiary/aromatic N) is 1. The van der Waals surface area contributed by atoms with E-state index in [2.05, 4.69) is 15.3 Å². The first-order valence-corrected chi connectivity index (χ1v) is 10.2. The van der Waals surface area contributed by atoms with Crippen molar-refractivity contribution in [2.45, 2.75) is 43.6 Å². The summed E-state index contributed by atoms with van der Waals surface area (Å²) in [6.07, 6.45) is -7.77. The molecule has 0 saturated carbocycles. The Balaban J connectivity index is 1.77. The maximum Gasteiger partial charge on any atom is 0.417 e. The number of hydrogen-bond donors (Lipinski definition) is 5. The molecule has 1 aromatic carbocycles. The Kier molecular flexibility index (Phi) is 6.14. The molecule has 5 unspecified atom stereocenters. The van der Waals surface area contributed by atoms with E-state index in [1.54, 1.807) is 6.92 Å². The number of fused-ring (bicyclic) bond motifs is 1. The first-order chi connectivity index (χ1) is 15.6. The van der Waals surface area contributed by atoms with Gasteiger partial charge in [0.05, 0.1) is 41.1 Å². The lowest BCUT2D eigenvalue weighted by Gasteiger charge is -2.41. The molecule has 1 fully saturated rings. The maximum atomic E-state index is 14.0. The number of nitrogens with one attached hydrogen (secondary N) is 2. The van der Waals surface area contributed by atoms with Gasteiger partial charge in [-0.3, -0.25) is 9.78 Å². The molecule has 11 heteroatoms. The van der Waals surface area contributed by atoms with Gasteiger partial charge < -0.3 is 30.4 Å². The van der Waals surface area contributed by atoms with Crippen molar-refractivity contribution < 1.29 is 33.2 Å². The molecule has 4 rings (SSSR count). The minimum atomic E-state index is -4.82. The zero-order valence-electron chi connectivity index (χ0n) is 17.4. The van der Waals surface area contributed by atoms with Crippen molar-refractivity contribution in [2.75, 3.05) is 11.9 Å². The molecule has 5 atom stereocenters. The van der Waals surface area contributed by atoms with Crippen molar-refractivity contribution in [3.63, 3.8) is 0 Å². The van der Waals surface area contributed by atoms with Gasteiger partial charge in [-0.05, 0) is 31.2 Å². The van der Waals surface area contributed by atoms with Gasteiger partial charge in [0.25, 0.3) is 5.56 Å². The standard InChI is InChI=1S/C22H22F3N3O5/c1-10-18(20(31)19(30)15(9-29)33-10)27-11-5-6-12-14(8-11)28-21(32)16(17(12)22(23,24)25)13-4-2-3-7-26-13/h2-8,10,15,18-20,27,29-31H,9H2,1H3,(H,28,32). The summed E-state index contributed by atoms with van der Waals surface area (Å²) in [6.45, 7) is 1.14. The second-order valence-corrected chi connectivity index (χ2v) is 7.89. The van der Waals surface area contributed by atoms with E-state index in [0.717, 1.165) is 0 Å². The van der Waals surface area contributed by atoms with E-state index in [-0.39, 0.29) is 16.6 Å². The third kappa shape index (κ3) is 4.32. The third-order valence-corrected chi connectivity index (χ3v) is 5.73. The van der Waals surface area contributed by atoms with Gasteiger partial charge in [0.1, 0.15) is 18.3 Å². The number of aliphatic hydroxyl groups is 3. The molecule has 1 aliphatic rings. The average molecular weight is 465 g/mol. The lowest BCUT2D eigenvalue weighted by atomic mass is 9.93. The highest BCUT2D eigenvalue weighted by Gasteiger charge is 2.42. The van der Waals surface area contributed by atoms with E-state index in [1.807, 2.05) is 0 Å². The fourth-order valence-electron chi connectivity index (χ4n) is 4.14. The highest BCUT2D eigenvalue weighted by atomic mass is 19.4. The lowest BCUT2D eigenvalue weighted by molar-refractivity contribution is -0.180. The molecule has 0 aliphatic carbocycles. The van der Waals surface area contributed by atoms with Gasteiger partial charge in [-0.25, -0.2) is 0 Å². The zero-order valence-corrected chi connectivity index (χ0v) is 17.4. The summed E-state index contributed by atoms with van der Waals surface area (Å²) < 4.78 is 47.6. The Morgan fingerprint density at radius 3 is 2.58 bits per heavy atom. The minimum Gasteiger partial charge on any atom is -0.394 e. The Labute approximate surface area is 185 Å². The van der Waals surface area contributed by atoms with Gasteiger partial charge in [0.2, 0.25) is 0 Å². The largest absolute Gasteiger partial charge is 0.417 e. The minimum absolute atomic E-state index is 0.0651. The summed E-state index contributed by atoms with van der Waals surface area (Å²) in [5.41, 5.74) is -2.47. The quantitative estimate of drug-likeness (QED) is 0.398. The average Bonchev–Trinajstić information content (AvgIpc) is 2.78. The molecule has 8 nitrogen and oxygen atoms in total. The Bertz CT molecular complexity index is 1200. The van der Waals surface area contributed by atoms with Crippen molar-refractivity contribution in [3.05, 3.63) is 58.5 Å². The van der Waals surface area contributed by atoms with Crippen LogP contribution in [-0.2, 0) is 10.9 Å². The van der Waals surface area contributed by atoms with E-state index in [4.69, 9.17) is 4.74 Å². The Hall–Kier alpha value is -2.99. The molecule has 1 saturated heterocycles. The molecule has 0 radical (unpaired) electrons. The predicted octanol–water partition coefficient (Wildman–Crippen LogP) is 1.89. The molecule has 0 spiro atoms. The molecule has 3 aromatic rings. The Morgan fingerprint density at radius 1 is 1.18 bits per heavy atom. The molecule has 33 heavy (non-hydrogen) atoms. The number of alkyl halides is 3. The van der Waals surface area contributed by atoms with Gasteiger partial charge in [-0.2, -0.15) is 13.2 Å². The smallest absolute Gasteiger partial charge is 0.394 e. The molecule has 5 N–H and O–H groups in total. The molecule has 1 aliphatic heterocycles. The van der Waals surface area contributed by atoms with Gasteiger partial charge in [-0.15, -0.1) is 0 Å². The van der Waals surface area contributed by atoms with Gasteiger partial charge in [0.15, 0.2) is 0 Å². The SMILES string of the molecule is CC1OC(CO)C(O)C(O)C1Nc1ccc2c(C(F)(F)F)c(-c3ccccn3)c(=O)[nH]c2c1. The fourth-order valence-corrected chi connectivity index (χ4v) is 4.14. The van der Waals surface area contributed by atoms with Crippen LogP contribution in [0.25, 0.3) is 22.2 Å². The number of benzene rings is 1. The summed E-state index contributed by atoms with van der Waals surface area (Å²) in [6, 6.07) is 7.46. The molecule has 176 valence electrons. The number of aromatic amines is 1. The summed E-state index contributed by atoms with van der Waals surface area (Å²) in [4.78, 5) is 19.1. The number of ether oxygens (including phenoxy) is 1. The Morgan fingerprint density at radius 2 is 1.94 bits per heavy atom. The molecule has 0 amide bonds. The molecular formula is C22H22F3N3O5. The van der Waals surface area contributed by atoms with Gasteiger partial charge >= 0.3 is 6.18 Å². The number of aromatic nitrogens is 2. The molecule has 3 heterocycles. The lowest BCUT2D eigenvalue weighted by Crippen LogP contribution is -2.60. The number of rotatable bonds is 4. The fraction of sp³-hybridized carbons (Fsp3) is 0.364. The third-order valence-electron chi connectivity index (χ3n) is 5.73. The summed E-state index contributed by atoms with van der Waals surface area (Å²) in [5.74, 6) is 0. The van der Waals surface area contributed by atoms with E-state index in [1.165, 1.54) is 42.6 Å². The van der Waals surface area contributed by atoms with Crippen LogP contribution in [0.4, 0.5) is 18.9 Å². The molecule has 0 bridgehead atoms. The predicted molar refractivity (Wildman–Crippen MR) is 114 cm³/mol. The van der Waals surface area contributed by atoms with E-state index >= 15 is 0 Å². The summed E-state index contributed by atoms with van der Waals surface area (Å²) in [7, 11) is 0. The second-order valence-electron chi connectivity index (χ2n) is 7.89. The molecule has 2 aromatic heterocycles. The van der Waals surface area contributed by atoms with Gasteiger partial charge in [0, 0.05) is 17.3 Å². The first kappa shape index (κ1) is 23.2. The number of anilines is 1. The van der Waals surface area contributed by atoms with E-state index in [0.29, 0.717) is 5.69 Å². The van der Waals surface area contributed by atoms with Crippen LogP contribution in [0.2, 0.25) is 0 Å². The highest BCUT2D eigenvalue weighted by molar-refractivity contribution is 5.90. The van der Waals surface area contributed by atoms with Crippen LogP contribution in [-0.4, -0.2) is 62.4 Å². The monoisotopic (exact) mass is 465 g/mol. The molecular weight excluding hydrogens is 443 g/mol. The number of halogens is 3. The van der Waals surface area contributed by atoms with Crippen LogP contribution in [0.15, 0.2) is 47.4 Å². The summed E-state index contributed by atoms with van der Waals surface area (Å²) in [5, 5.41) is 32.5. The maximum absolute atomic E-state index is 14.0. The van der Waals surface area contributed by atoms with Crippen molar-refractivity contribution >= 4 is 16.6 Å². The van der Waals surface area contributed by atoms with Crippen molar-refractivity contribution in [3.8, 4) is 11.3 Å². The van der Waals surface area contributed by atoms with Crippen LogP contribution in [0, 0.1) is 0 Å². The highest BCUT2D eigenvalue weighted by Crippen LogP contribution is 2.39. The van der Waals surface area contributed by atoms with Crippen LogP contribution < -0.4 is 10.9 Å². The number of aliphatic hydroxyl groups excluding tert-OH is 3. The first-order valence-electron chi connectivity index (χ1n) is 10.2. The topological polar surface area (TPSA) is 128 Å². The van der Waals surface area contributed by atoms with Crippen LogP contribution in [0.1, 0.15) is 12.5 Å².